The molecule has 0 aromatic carbocycles. The van der Waals surface area contributed by atoms with Gasteiger partial charge < -0.3 is 9.89 Å². The Kier molecular flexibility index (Phi) is 3.51. The molecule has 1 aromatic heterocycles. The number of ketones is 1. The topological polar surface area (TPSA) is 45.8 Å². The van der Waals surface area contributed by atoms with Crippen LogP contribution in [0.15, 0.2) is 0 Å². The molecule has 0 fully saturated rings. The van der Waals surface area contributed by atoms with Crippen molar-refractivity contribution in [1.82, 2.24) is 10.2 Å². The molecule has 0 amide bonds. The van der Waals surface area contributed by atoms with Gasteiger partial charge in [0.15, 0.2) is 0 Å². The summed E-state index contributed by atoms with van der Waals surface area (Å²) in [5.74, 6) is -0.0231. The first-order valence-corrected chi connectivity index (χ1v) is 2.65. The Bertz CT molecular complexity index is 231. The van der Waals surface area contributed by atoms with E-state index in [2.05, 4.69) is 16.4 Å². The molecular formula is C6H7N2OW-. The van der Waals surface area contributed by atoms with E-state index in [9.17, 15) is 4.79 Å². The number of carbonyl (C=O) groups excluding carboxylic acids is 1. The van der Waals surface area contributed by atoms with Crippen molar-refractivity contribution in [3.05, 3.63) is 17.5 Å². The molecule has 0 atom stereocenters. The minimum absolute atomic E-state index is 0. The standard InChI is InChI=1S/C6H7N2O.W/c1-4-3-7-8-6(4)5(2)9;/h1-2H3,(H,7,8);/q-1;. The van der Waals surface area contributed by atoms with Crippen LogP contribution in [0, 0.1) is 13.1 Å². The van der Waals surface area contributed by atoms with Crippen molar-refractivity contribution in [2.45, 2.75) is 13.8 Å². The van der Waals surface area contributed by atoms with Crippen LogP contribution in [0.2, 0.25) is 0 Å². The van der Waals surface area contributed by atoms with E-state index < -0.39 is 0 Å². The van der Waals surface area contributed by atoms with Crippen molar-refractivity contribution in [2.24, 2.45) is 0 Å². The summed E-state index contributed by atoms with van der Waals surface area (Å²) in [5, 5.41) is 6.17. The Balaban J connectivity index is 0.000000810. The van der Waals surface area contributed by atoms with E-state index >= 15 is 0 Å². The van der Waals surface area contributed by atoms with E-state index in [1.54, 1.807) is 6.92 Å². The molecule has 0 spiro atoms. The Morgan fingerprint density at radius 3 is 2.50 bits per heavy atom. The van der Waals surface area contributed by atoms with Gasteiger partial charge in [0, 0.05) is 21.1 Å². The predicted molar refractivity (Wildman–Crippen MR) is 32.2 cm³/mol. The van der Waals surface area contributed by atoms with Crippen molar-refractivity contribution in [1.29, 1.82) is 0 Å². The van der Waals surface area contributed by atoms with E-state index in [0.717, 1.165) is 5.56 Å². The van der Waals surface area contributed by atoms with Gasteiger partial charge in [-0.15, -0.1) is 6.20 Å². The van der Waals surface area contributed by atoms with Crippen molar-refractivity contribution in [3.8, 4) is 0 Å². The van der Waals surface area contributed by atoms with Crippen molar-refractivity contribution in [2.75, 3.05) is 0 Å². The molecule has 0 bridgehead atoms. The normalized spacial score (nSPS) is 8.60. The van der Waals surface area contributed by atoms with Gasteiger partial charge in [0.1, 0.15) is 0 Å². The first kappa shape index (κ1) is 9.57. The van der Waals surface area contributed by atoms with Crippen molar-refractivity contribution in [3.63, 3.8) is 0 Å². The summed E-state index contributed by atoms with van der Waals surface area (Å²) < 4.78 is 0. The Morgan fingerprint density at radius 2 is 2.30 bits per heavy atom. The number of nitrogens with zero attached hydrogens (tertiary/aromatic N) is 1. The third-order valence-corrected chi connectivity index (χ3v) is 1.10. The summed E-state index contributed by atoms with van der Waals surface area (Å²) in [6.07, 6.45) is 2.69. The second kappa shape index (κ2) is 3.67. The molecule has 0 saturated heterocycles. The third kappa shape index (κ3) is 1.77. The van der Waals surface area contributed by atoms with Gasteiger partial charge in [-0.25, -0.2) is 0 Å². The second-order valence-corrected chi connectivity index (χ2v) is 1.88. The largest absolute Gasteiger partial charge is 0.389 e. The molecular weight excluding hydrogens is 300 g/mol. The maximum Gasteiger partial charge on any atom is 0.0992 e. The molecule has 0 saturated carbocycles. The smallest absolute Gasteiger partial charge is 0.0992 e. The quantitative estimate of drug-likeness (QED) is 0.614. The number of rotatable bonds is 1. The summed E-state index contributed by atoms with van der Waals surface area (Å²) in [6.45, 7) is 3.28. The van der Waals surface area contributed by atoms with E-state index in [1.807, 2.05) is 0 Å². The van der Waals surface area contributed by atoms with Gasteiger partial charge in [0.05, 0.1) is 5.78 Å². The molecule has 0 aliphatic rings. The zero-order valence-corrected chi connectivity index (χ0v) is 8.70. The molecule has 1 rings (SSSR count). The molecule has 1 heterocycles. The Hall–Kier alpha value is -0.432. The number of hydrogen-bond donors (Lipinski definition) is 1. The van der Waals surface area contributed by atoms with Gasteiger partial charge in [-0.2, -0.15) is 5.56 Å². The monoisotopic (exact) mass is 307 g/mol. The number of H-pyrrole nitrogens is 1. The fourth-order valence-electron chi connectivity index (χ4n) is 0.654. The van der Waals surface area contributed by atoms with Crippen LogP contribution >= 0.6 is 0 Å². The summed E-state index contributed by atoms with van der Waals surface area (Å²) in [4.78, 5) is 10.6. The molecule has 10 heavy (non-hydrogen) atoms. The molecule has 3 nitrogen and oxygen atoms in total. The van der Waals surface area contributed by atoms with Crippen LogP contribution < -0.4 is 0 Å². The molecule has 1 N–H and O–H groups in total. The molecule has 0 aliphatic heterocycles. The van der Waals surface area contributed by atoms with Crippen LogP contribution in [0.1, 0.15) is 23.0 Å². The number of aryl methyl sites for hydroxylation is 1. The molecule has 0 radical (unpaired) electrons. The molecule has 54 valence electrons. The maximum absolute atomic E-state index is 10.6. The van der Waals surface area contributed by atoms with Crippen LogP contribution in [-0.2, 0) is 21.1 Å². The van der Waals surface area contributed by atoms with Crippen LogP contribution in [0.4, 0.5) is 0 Å². The SMILES string of the molecule is CC(=O)c1n[nH][c-]c1C.[W]. The van der Waals surface area contributed by atoms with E-state index in [0.29, 0.717) is 5.69 Å². The summed E-state index contributed by atoms with van der Waals surface area (Å²) in [5.41, 5.74) is 1.26. The summed E-state index contributed by atoms with van der Waals surface area (Å²) in [6, 6.07) is 0. The van der Waals surface area contributed by atoms with E-state index in [1.165, 1.54) is 6.92 Å². The van der Waals surface area contributed by atoms with Crippen LogP contribution in [0.25, 0.3) is 0 Å². The van der Waals surface area contributed by atoms with Gasteiger partial charge in [-0.3, -0.25) is 5.10 Å². The minimum atomic E-state index is -0.0231. The fraction of sp³-hybridized carbons (Fsp3) is 0.333. The first-order valence-electron chi connectivity index (χ1n) is 2.65. The number of carbonyl (C=O) groups is 1. The minimum Gasteiger partial charge on any atom is -0.389 e. The number of Topliss-reactive ketones (excluding diaryl/α,β-unsaturated/α-hetero) is 1. The van der Waals surface area contributed by atoms with Crippen LogP contribution in [-0.4, -0.2) is 16.0 Å². The van der Waals surface area contributed by atoms with Crippen molar-refractivity contribution >= 4 is 5.78 Å². The zero-order chi connectivity index (χ0) is 6.85. The van der Waals surface area contributed by atoms with Gasteiger partial charge in [0.25, 0.3) is 0 Å². The Labute approximate surface area is 73.5 Å². The maximum atomic E-state index is 10.6. The zero-order valence-electron chi connectivity index (χ0n) is 5.76. The summed E-state index contributed by atoms with van der Waals surface area (Å²) in [7, 11) is 0. The molecule has 4 heteroatoms. The average Bonchev–Trinajstić information content (AvgIpc) is 2.13. The van der Waals surface area contributed by atoms with Gasteiger partial charge in [-0.1, -0.05) is 6.92 Å². The Morgan fingerprint density at radius 1 is 1.70 bits per heavy atom. The third-order valence-electron chi connectivity index (χ3n) is 1.10. The fourth-order valence-corrected chi connectivity index (χ4v) is 0.654. The first-order chi connectivity index (χ1) is 4.22. The predicted octanol–water partition coefficient (Wildman–Crippen LogP) is 0.718. The van der Waals surface area contributed by atoms with E-state index in [4.69, 9.17) is 0 Å². The average molecular weight is 307 g/mol. The molecule has 0 unspecified atom stereocenters. The van der Waals surface area contributed by atoms with Crippen molar-refractivity contribution < 1.29 is 25.9 Å². The molecule has 1 aromatic rings. The van der Waals surface area contributed by atoms with Gasteiger partial charge in [0.2, 0.25) is 0 Å². The van der Waals surface area contributed by atoms with Gasteiger partial charge in [-0.05, 0) is 12.6 Å². The number of hydrogen-bond acceptors (Lipinski definition) is 2. The van der Waals surface area contributed by atoms with Crippen LogP contribution in [0.5, 0.6) is 0 Å². The second-order valence-electron chi connectivity index (χ2n) is 1.88. The molecule has 0 aliphatic carbocycles. The number of aromatic nitrogens is 2. The number of nitrogens with one attached hydrogen (secondary N) is 1. The van der Waals surface area contributed by atoms with Gasteiger partial charge >= 0.3 is 0 Å². The van der Waals surface area contributed by atoms with Crippen LogP contribution in [0.3, 0.4) is 0 Å². The number of aromatic amines is 1. The van der Waals surface area contributed by atoms with E-state index in [-0.39, 0.29) is 26.8 Å². The summed E-state index contributed by atoms with van der Waals surface area (Å²) >= 11 is 0.